The van der Waals surface area contributed by atoms with Crippen molar-refractivity contribution in [3.05, 3.63) is 41.1 Å². The van der Waals surface area contributed by atoms with Crippen LogP contribution in [-0.4, -0.2) is 23.9 Å². The zero-order valence-corrected chi connectivity index (χ0v) is 12.2. The van der Waals surface area contributed by atoms with Crippen LogP contribution in [0.5, 0.6) is 0 Å². The number of sulfonamides is 1. The van der Waals surface area contributed by atoms with Crippen LogP contribution in [0.2, 0.25) is 5.02 Å². The zero-order chi connectivity index (χ0) is 15.8. The maximum Gasteiger partial charge on any atom is 0.275 e. The predicted octanol–water partition coefficient (Wildman–Crippen LogP) is 1.11. The van der Waals surface area contributed by atoms with Gasteiger partial charge in [0.15, 0.2) is 0 Å². The summed E-state index contributed by atoms with van der Waals surface area (Å²) in [6.07, 6.45) is 2.06. The third-order valence-electron chi connectivity index (χ3n) is 2.58. The van der Waals surface area contributed by atoms with E-state index in [1.807, 2.05) is 0 Å². The predicted molar refractivity (Wildman–Crippen MR) is 73.9 cm³/mol. The molecule has 0 saturated heterocycles. The van der Waals surface area contributed by atoms with E-state index in [0.717, 1.165) is 18.5 Å². The molecule has 0 saturated carbocycles. The van der Waals surface area contributed by atoms with Crippen LogP contribution in [0.1, 0.15) is 10.5 Å². The summed E-state index contributed by atoms with van der Waals surface area (Å²) in [5.74, 6) is -1.16. The summed E-state index contributed by atoms with van der Waals surface area (Å²) in [7, 11) is -2.61. The molecule has 3 N–H and O–H groups in total. The Morgan fingerprint density at radius 3 is 2.62 bits per heavy atom. The van der Waals surface area contributed by atoms with Crippen LogP contribution in [0, 0.1) is 5.82 Å². The van der Waals surface area contributed by atoms with Gasteiger partial charge >= 0.3 is 0 Å². The molecule has 0 spiro atoms. The first kappa shape index (κ1) is 15.4. The van der Waals surface area contributed by atoms with Crippen LogP contribution in [0.15, 0.2) is 29.4 Å². The van der Waals surface area contributed by atoms with Gasteiger partial charge in [-0.3, -0.25) is 4.79 Å². The van der Waals surface area contributed by atoms with Crippen molar-refractivity contribution in [1.29, 1.82) is 0 Å². The summed E-state index contributed by atoms with van der Waals surface area (Å²) < 4.78 is 36.6. The number of hydrogen-bond donors (Lipinski definition) is 2. The Labute approximate surface area is 124 Å². The minimum absolute atomic E-state index is 0.0934. The van der Waals surface area contributed by atoms with Gasteiger partial charge in [0.1, 0.15) is 22.2 Å². The van der Waals surface area contributed by atoms with Gasteiger partial charge in [-0.2, -0.15) is 0 Å². The fraction of sp³-hybridized carbons (Fsp3) is 0.0909. The smallest absolute Gasteiger partial charge is 0.275 e. The van der Waals surface area contributed by atoms with Crippen molar-refractivity contribution in [2.75, 3.05) is 5.32 Å². The topological polar surface area (TPSA) is 107 Å². The van der Waals surface area contributed by atoms with Gasteiger partial charge < -0.3 is 9.88 Å². The zero-order valence-electron chi connectivity index (χ0n) is 10.7. The van der Waals surface area contributed by atoms with Gasteiger partial charge in [-0.15, -0.1) is 0 Å². The molecule has 0 radical (unpaired) electrons. The summed E-state index contributed by atoms with van der Waals surface area (Å²) in [4.78, 5) is 15.4. The fourth-order valence-electron chi connectivity index (χ4n) is 1.65. The maximum absolute atomic E-state index is 12.7. The largest absolute Gasteiger partial charge is 0.344 e. The van der Waals surface area contributed by atoms with Crippen molar-refractivity contribution < 1.29 is 17.6 Å². The Hall–Kier alpha value is -1.97. The van der Waals surface area contributed by atoms with Crippen LogP contribution in [-0.2, 0) is 17.1 Å². The van der Waals surface area contributed by atoms with Crippen molar-refractivity contribution in [3.63, 3.8) is 0 Å². The number of amides is 1. The van der Waals surface area contributed by atoms with Crippen molar-refractivity contribution >= 4 is 33.3 Å². The van der Waals surface area contributed by atoms with E-state index in [4.69, 9.17) is 16.7 Å². The lowest BCUT2D eigenvalue weighted by Crippen LogP contribution is -2.17. The molecule has 0 aliphatic heterocycles. The molecule has 0 bridgehead atoms. The number of primary sulfonamides is 1. The second-order valence-corrected chi connectivity index (χ2v) is 6.04. The van der Waals surface area contributed by atoms with Crippen LogP contribution < -0.4 is 10.5 Å². The molecule has 2 heterocycles. The lowest BCUT2D eigenvalue weighted by Gasteiger charge is -2.05. The molecule has 0 unspecified atom stereocenters. The normalized spacial score (nSPS) is 11.4. The van der Waals surface area contributed by atoms with E-state index in [9.17, 15) is 17.6 Å². The Bertz CT molecular complexity index is 802. The van der Waals surface area contributed by atoms with E-state index in [-0.39, 0.29) is 21.4 Å². The first-order valence-electron chi connectivity index (χ1n) is 5.50. The van der Waals surface area contributed by atoms with E-state index in [1.54, 1.807) is 0 Å². The number of halogens is 2. The second kappa shape index (κ2) is 5.43. The molecule has 0 aromatic carbocycles. The Morgan fingerprint density at radius 2 is 2.14 bits per heavy atom. The Kier molecular flexibility index (Phi) is 3.99. The number of carbonyl (C=O) groups is 1. The minimum Gasteiger partial charge on any atom is -0.344 e. The molecular formula is C11H10ClFN4O3S. The van der Waals surface area contributed by atoms with Crippen molar-refractivity contribution in [1.82, 2.24) is 9.55 Å². The third-order valence-corrected chi connectivity index (χ3v) is 4.00. The van der Waals surface area contributed by atoms with E-state index >= 15 is 0 Å². The average molecular weight is 333 g/mol. The van der Waals surface area contributed by atoms with Crippen LogP contribution in [0.25, 0.3) is 0 Å². The molecule has 0 atom stereocenters. The lowest BCUT2D eigenvalue weighted by molar-refractivity contribution is 0.101. The number of hydrogen-bond acceptors (Lipinski definition) is 4. The first-order chi connectivity index (χ1) is 9.70. The number of nitrogens with zero attached hydrogens (tertiary/aromatic N) is 2. The van der Waals surface area contributed by atoms with Crippen LogP contribution in [0.4, 0.5) is 10.2 Å². The molecule has 1 amide bonds. The van der Waals surface area contributed by atoms with Crippen LogP contribution in [0.3, 0.4) is 0 Å². The highest BCUT2D eigenvalue weighted by molar-refractivity contribution is 7.89. The van der Waals surface area contributed by atoms with Gasteiger partial charge in [-0.1, -0.05) is 11.6 Å². The molecule has 0 aliphatic carbocycles. The van der Waals surface area contributed by atoms with E-state index in [2.05, 4.69) is 10.3 Å². The van der Waals surface area contributed by atoms with E-state index in [0.29, 0.717) is 0 Å². The standard InChI is InChI=1S/C11H10ClFN4O3S/c1-17-5-7(21(14,19)20)9(12)10(17)11(18)16-8-3-2-6(13)4-15-8/h2-5H,1H3,(H2,14,19,20)(H,15,16,18). The number of aromatic nitrogens is 2. The molecule has 0 fully saturated rings. The Balaban J connectivity index is 2.36. The van der Waals surface area contributed by atoms with Gasteiger partial charge in [0.2, 0.25) is 10.0 Å². The number of rotatable bonds is 3. The summed E-state index contributed by atoms with van der Waals surface area (Å²) >= 11 is 5.88. The molecule has 112 valence electrons. The highest BCUT2D eigenvalue weighted by Crippen LogP contribution is 2.26. The quantitative estimate of drug-likeness (QED) is 0.877. The third kappa shape index (κ3) is 3.20. The molecule has 2 aromatic rings. The molecule has 10 heteroatoms. The van der Waals surface area contributed by atoms with Gasteiger partial charge in [-0.05, 0) is 12.1 Å². The SMILES string of the molecule is Cn1cc(S(N)(=O)=O)c(Cl)c1C(=O)Nc1ccc(F)cn1. The maximum atomic E-state index is 12.7. The van der Waals surface area contributed by atoms with Gasteiger partial charge in [0, 0.05) is 13.2 Å². The fourth-order valence-corrected chi connectivity index (χ4v) is 2.89. The highest BCUT2D eigenvalue weighted by atomic mass is 35.5. The van der Waals surface area contributed by atoms with Crippen molar-refractivity contribution in [2.24, 2.45) is 12.2 Å². The van der Waals surface area contributed by atoms with Gasteiger partial charge in [0.25, 0.3) is 5.91 Å². The Morgan fingerprint density at radius 1 is 1.48 bits per heavy atom. The number of anilines is 1. The molecule has 2 aromatic heterocycles. The number of pyridine rings is 1. The summed E-state index contributed by atoms with van der Waals surface area (Å²) in [5.41, 5.74) is -0.105. The van der Waals surface area contributed by atoms with E-state index in [1.165, 1.54) is 17.7 Å². The van der Waals surface area contributed by atoms with Gasteiger partial charge in [-0.25, -0.2) is 22.9 Å². The minimum atomic E-state index is -4.05. The lowest BCUT2D eigenvalue weighted by atomic mass is 10.3. The molecule has 0 aliphatic rings. The summed E-state index contributed by atoms with van der Waals surface area (Å²) in [5, 5.41) is 7.08. The monoisotopic (exact) mass is 332 g/mol. The van der Waals surface area contributed by atoms with E-state index < -0.39 is 21.7 Å². The molecule has 21 heavy (non-hydrogen) atoms. The van der Waals surface area contributed by atoms with Crippen molar-refractivity contribution in [2.45, 2.75) is 4.90 Å². The number of nitrogens with one attached hydrogen (secondary N) is 1. The average Bonchev–Trinajstić information content (AvgIpc) is 2.67. The number of aryl methyl sites for hydroxylation is 1. The molecular weight excluding hydrogens is 323 g/mol. The van der Waals surface area contributed by atoms with Crippen LogP contribution >= 0.6 is 11.6 Å². The molecule has 2 rings (SSSR count). The first-order valence-corrected chi connectivity index (χ1v) is 7.43. The molecule has 7 nitrogen and oxygen atoms in total. The summed E-state index contributed by atoms with van der Waals surface area (Å²) in [6, 6.07) is 2.37. The van der Waals surface area contributed by atoms with Gasteiger partial charge in [0.05, 0.1) is 11.2 Å². The number of nitrogens with two attached hydrogens (primary N) is 1. The number of carbonyl (C=O) groups excluding carboxylic acids is 1. The second-order valence-electron chi connectivity index (χ2n) is 4.13. The van der Waals surface area contributed by atoms with Crippen molar-refractivity contribution in [3.8, 4) is 0 Å². The summed E-state index contributed by atoms with van der Waals surface area (Å²) in [6.45, 7) is 0. The highest BCUT2D eigenvalue weighted by Gasteiger charge is 2.24.